The van der Waals surface area contributed by atoms with E-state index in [0.717, 1.165) is 36.9 Å². The van der Waals surface area contributed by atoms with Crippen LogP contribution in [0.4, 0.5) is 5.69 Å². The Kier molecular flexibility index (Phi) is 4.56. The van der Waals surface area contributed by atoms with E-state index in [1.165, 1.54) is 0 Å². The number of benzene rings is 1. The van der Waals surface area contributed by atoms with Gasteiger partial charge in [-0.15, -0.1) is 0 Å². The number of para-hydroxylation sites is 1. The lowest BCUT2D eigenvalue weighted by atomic mass is 9.85. The molecule has 104 valence electrons. The highest BCUT2D eigenvalue weighted by atomic mass is 16.5. The zero-order chi connectivity index (χ0) is 13.7. The molecular weight excluding hydrogens is 240 g/mol. The minimum atomic E-state index is -0.375. The van der Waals surface area contributed by atoms with Crippen LogP contribution in [0.25, 0.3) is 0 Å². The first-order valence-corrected chi connectivity index (χ1v) is 6.80. The van der Waals surface area contributed by atoms with Gasteiger partial charge < -0.3 is 15.8 Å². The molecule has 1 aromatic rings. The van der Waals surface area contributed by atoms with Gasteiger partial charge in [0.15, 0.2) is 0 Å². The molecule has 0 aromatic heterocycles. The third-order valence-electron chi connectivity index (χ3n) is 4.00. The molecule has 1 saturated carbocycles. The second-order valence-electron chi connectivity index (χ2n) is 5.24. The van der Waals surface area contributed by atoms with Crippen molar-refractivity contribution in [3.05, 3.63) is 29.8 Å². The summed E-state index contributed by atoms with van der Waals surface area (Å²) < 4.78 is 5.15. The summed E-state index contributed by atoms with van der Waals surface area (Å²) in [6.07, 6.45) is 3.96. The molecule has 1 aromatic carbocycles. The normalized spacial score (nSPS) is 17.4. The number of hydrogen-bond donors (Lipinski definition) is 2. The van der Waals surface area contributed by atoms with Crippen LogP contribution in [0, 0.1) is 5.41 Å². The van der Waals surface area contributed by atoms with E-state index in [0.29, 0.717) is 13.2 Å². The van der Waals surface area contributed by atoms with Gasteiger partial charge in [-0.3, -0.25) is 4.79 Å². The second kappa shape index (κ2) is 6.17. The van der Waals surface area contributed by atoms with Gasteiger partial charge in [-0.1, -0.05) is 31.0 Å². The van der Waals surface area contributed by atoms with Gasteiger partial charge >= 0.3 is 0 Å². The van der Waals surface area contributed by atoms with Gasteiger partial charge in [0.05, 0.1) is 12.0 Å². The van der Waals surface area contributed by atoms with Crippen molar-refractivity contribution in [3.8, 4) is 0 Å². The van der Waals surface area contributed by atoms with Crippen molar-refractivity contribution in [2.75, 3.05) is 19.0 Å². The van der Waals surface area contributed by atoms with E-state index in [-0.39, 0.29) is 11.3 Å². The predicted octanol–water partition coefficient (Wildman–Crippen LogP) is 2.29. The van der Waals surface area contributed by atoms with Crippen LogP contribution in [0.2, 0.25) is 0 Å². The maximum atomic E-state index is 12.5. The molecule has 0 aliphatic heterocycles. The average Bonchev–Trinajstić information content (AvgIpc) is 2.91. The first-order chi connectivity index (χ1) is 9.22. The van der Waals surface area contributed by atoms with E-state index in [1.54, 1.807) is 7.11 Å². The molecule has 0 unspecified atom stereocenters. The van der Waals surface area contributed by atoms with Gasteiger partial charge in [0.25, 0.3) is 0 Å². The molecule has 4 heteroatoms. The molecule has 3 N–H and O–H groups in total. The summed E-state index contributed by atoms with van der Waals surface area (Å²) in [5.74, 6) is 0.0519. The second-order valence-corrected chi connectivity index (χ2v) is 5.24. The largest absolute Gasteiger partial charge is 0.380 e. The van der Waals surface area contributed by atoms with Crippen LogP contribution in [0.3, 0.4) is 0 Å². The Balaban J connectivity index is 2.14. The molecule has 19 heavy (non-hydrogen) atoms. The minimum Gasteiger partial charge on any atom is -0.380 e. The maximum Gasteiger partial charge on any atom is 0.231 e. The molecule has 0 atom stereocenters. The van der Waals surface area contributed by atoms with Crippen molar-refractivity contribution in [2.45, 2.75) is 32.3 Å². The summed E-state index contributed by atoms with van der Waals surface area (Å²) in [6.45, 7) is 0.914. The van der Waals surface area contributed by atoms with Gasteiger partial charge in [0.2, 0.25) is 5.91 Å². The molecule has 0 heterocycles. The van der Waals surface area contributed by atoms with E-state index in [1.807, 2.05) is 24.3 Å². The van der Waals surface area contributed by atoms with Gasteiger partial charge in [-0.25, -0.2) is 0 Å². The number of nitrogens with one attached hydrogen (secondary N) is 1. The summed E-state index contributed by atoms with van der Waals surface area (Å²) in [7, 11) is 1.65. The van der Waals surface area contributed by atoms with Crippen LogP contribution in [-0.4, -0.2) is 19.6 Å². The first-order valence-electron chi connectivity index (χ1n) is 6.80. The number of nitrogens with two attached hydrogens (primary N) is 1. The van der Waals surface area contributed by atoms with E-state index in [2.05, 4.69) is 5.32 Å². The van der Waals surface area contributed by atoms with Crippen molar-refractivity contribution in [2.24, 2.45) is 11.1 Å². The Labute approximate surface area is 114 Å². The molecule has 4 nitrogen and oxygen atoms in total. The fourth-order valence-corrected chi connectivity index (χ4v) is 2.75. The monoisotopic (exact) mass is 262 g/mol. The number of methoxy groups -OCH3 is 1. The number of carbonyl (C=O) groups is 1. The smallest absolute Gasteiger partial charge is 0.231 e. The summed E-state index contributed by atoms with van der Waals surface area (Å²) in [5.41, 5.74) is 7.28. The molecule has 0 bridgehead atoms. The average molecular weight is 262 g/mol. The number of rotatable bonds is 5. The Hall–Kier alpha value is -1.39. The van der Waals surface area contributed by atoms with E-state index in [9.17, 15) is 4.79 Å². The molecule has 1 aliphatic carbocycles. The van der Waals surface area contributed by atoms with Crippen molar-refractivity contribution < 1.29 is 9.53 Å². The van der Waals surface area contributed by atoms with Crippen molar-refractivity contribution in [3.63, 3.8) is 0 Å². The Morgan fingerprint density at radius 2 is 2.05 bits per heavy atom. The van der Waals surface area contributed by atoms with Gasteiger partial charge in [-0.05, 0) is 18.9 Å². The highest BCUT2D eigenvalue weighted by Gasteiger charge is 2.39. The van der Waals surface area contributed by atoms with Crippen LogP contribution >= 0.6 is 0 Å². The molecule has 1 aliphatic rings. The van der Waals surface area contributed by atoms with E-state index >= 15 is 0 Å². The molecule has 1 amide bonds. The van der Waals surface area contributed by atoms with Crippen LogP contribution in [-0.2, 0) is 16.1 Å². The van der Waals surface area contributed by atoms with Crippen LogP contribution in [0.1, 0.15) is 31.2 Å². The van der Waals surface area contributed by atoms with Gasteiger partial charge in [0, 0.05) is 24.9 Å². The Bertz CT molecular complexity index is 440. The molecule has 0 spiro atoms. The molecule has 1 fully saturated rings. The summed E-state index contributed by atoms with van der Waals surface area (Å²) in [6, 6.07) is 7.73. The number of anilines is 1. The minimum absolute atomic E-state index is 0.0519. The highest BCUT2D eigenvalue weighted by Crippen LogP contribution is 2.38. The van der Waals surface area contributed by atoms with Gasteiger partial charge in [-0.2, -0.15) is 0 Å². The Morgan fingerprint density at radius 1 is 1.37 bits per heavy atom. The maximum absolute atomic E-state index is 12.5. The number of carbonyl (C=O) groups excluding carboxylic acids is 1. The Morgan fingerprint density at radius 3 is 2.68 bits per heavy atom. The number of amides is 1. The van der Waals surface area contributed by atoms with Crippen LogP contribution in [0.15, 0.2) is 24.3 Å². The topological polar surface area (TPSA) is 64.3 Å². The number of hydrogen-bond acceptors (Lipinski definition) is 3. The lowest BCUT2D eigenvalue weighted by molar-refractivity contribution is -0.124. The lowest BCUT2D eigenvalue weighted by Crippen LogP contribution is -2.40. The summed E-state index contributed by atoms with van der Waals surface area (Å²) >= 11 is 0. The van der Waals surface area contributed by atoms with Crippen LogP contribution < -0.4 is 11.1 Å². The molecular formula is C15H22N2O2. The third-order valence-corrected chi connectivity index (χ3v) is 4.00. The molecule has 0 saturated heterocycles. The predicted molar refractivity (Wildman–Crippen MR) is 75.7 cm³/mol. The van der Waals surface area contributed by atoms with E-state index in [4.69, 9.17) is 10.5 Å². The van der Waals surface area contributed by atoms with Crippen molar-refractivity contribution in [1.29, 1.82) is 0 Å². The number of ether oxygens (including phenoxy) is 1. The quantitative estimate of drug-likeness (QED) is 0.855. The molecule has 0 radical (unpaired) electrons. The standard InChI is InChI=1S/C15H22N2O2/c1-19-10-12-6-2-3-7-13(12)17-14(18)15(11-16)8-4-5-9-15/h2-3,6-7H,4-5,8-11,16H2,1H3,(H,17,18). The molecule has 2 rings (SSSR count). The van der Waals surface area contributed by atoms with Gasteiger partial charge in [0.1, 0.15) is 0 Å². The SMILES string of the molecule is COCc1ccccc1NC(=O)C1(CN)CCCC1. The van der Waals surface area contributed by atoms with Crippen molar-refractivity contribution in [1.82, 2.24) is 0 Å². The lowest BCUT2D eigenvalue weighted by Gasteiger charge is -2.26. The van der Waals surface area contributed by atoms with Crippen LogP contribution in [0.5, 0.6) is 0 Å². The summed E-state index contributed by atoms with van der Waals surface area (Å²) in [4.78, 5) is 12.5. The first kappa shape index (κ1) is 14.0. The fraction of sp³-hybridized carbons (Fsp3) is 0.533. The zero-order valence-electron chi connectivity index (χ0n) is 11.4. The highest BCUT2D eigenvalue weighted by molar-refractivity contribution is 5.96. The zero-order valence-corrected chi connectivity index (χ0v) is 11.4. The summed E-state index contributed by atoms with van der Waals surface area (Å²) in [5, 5.41) is 3.03. The van der Waals surface area contributed by atoms with E-state index < -0.39 is 0 Å². The fourth-order valence-electron chi connectivity index (χ4n) is 2.75. The van der Waals surface area contributed by atoms with Crippen molar-refractivity contribution >= 4 is 11.6 Å². The third kappa shape index (κ3) is 2.96.